The van der Waals surface area contributed by atoms with Crippen LogP contribution in [0.3, 0.4) is 0 Å². The van der Waals surface area contributed by atoms with Gasteiger partial charge in [0, 0.05) is 12.2 Å². The zero-order valence-electron chi connectivity index (χ0n) is 8.63. The number of benzene rings is 1. The Labute approximate surface area is 84.5 Å². The van der Waals surface area contributed by atoms with Crippen molar-refractivity contribution in [2.45, 2.75) is 20.3 Å². The van der Waals surface area contributed by atoms with Gasteiger partial charge in [-0.1, -0.05) is 25.1 Å². The van der Waals surface area contributed by atoms with E-state index in [0.717, 1.165) is 17.7 Å². The van der Waals surface area contributed by atoms with Crippen LogP contribution in [-0.2, 0) is 6.42 Å². The molecule has 3 heteroatoms. The summed E-state index contributed by atoms with van der Waals surface area (Å²) in [4.78, 5) is 11.3. The van der Waals surface area contributed by atoms with Gasteiger partial charge < -0.3 is 10.6 Å². The summed E-state index contributed by atoms with van der Waals surface area (Å²) >= 11 is 0. The SMILES string of the molecule is CCNC(=O)Nc1ccccc1CC. The summed E-state index contributed by atoms with van der Waals surface area (Å²) in [5.74, 6) is 0. The molecule has 3 nitrogen and oxygen atoms in total. The monoisotopic (exact) mass is 192 g/mol. The second-order valence-corrected chi connectivity index (χ2v) is 3.00. The molecule has 0 aliphatic heterocycles. The lowest BCUT2D eigenvalue weighted by Gasteiger charge is -2.09. The average molecular weight is 192 g/mol. The molecule has 14 heavy (non-hydrogen) atoms. The summed E-state index contributed by atoms with van der Waals surface area (Å²) in [6, 6.07) is 7.67. The largest absolute Gasteiger partial charge is 0.338 e. The fraction of sp³-hybridized carbons (Fsp3) is 0.364. The molecule has 0 aromatic heterocycles. The third kappa shape index (κ3) is 2.76. The van der Waals surface area contributed by atoms with Crippen LogP contribution in [0.4, 0.5) is 10.5 Å². The van der Waals surface area contributed by atoms with Crippen molar-refractivity contribution in [3.05, 3.63) is 29.8 Å². The zero-order valence-corrected chi connectivity index (χ0v) is 8.63. The molecule has 0 bridgehead atoms. The number of hydrogen-bond acceptors (Lipinski definition) is 1. The van der Waals surface area contributed by atoms with Crippen molar-refractivity contribution < 1.29 is 4.79 Å². The van der Waals surface area contributed by atoms with Crippen molar-refractivity contribution >= 4 is 11.7 Å². The molecule has 2 amide bonds. The Bertz CT molecular complexity index is 310. The van der Waals surface area contributed by atoms with Gasteiger partial charge in [0.1, 0.15) is 0 Å². The Kier molecular flexibility index (Phi) is 3.98. The Morgan fingerprint density at radius 3 is 2.64 bits per heavy atom. The van der Waals surface area contributed by atoms with Gasteiger partial charge in [0.2, 0.25) is 0 Å². The van der Waals surface area contributed by atoms with Crippen LogP contribution in [0.5, 0.6) is 0 Å². The molecule has 0 aliphatic carbocycles. The molecule has 1 aromatic rings. The number of carbonyl (C=O) groups excluding carboxylic acids is 1. The van der Waals surface area contributed by atoms with E-state index in [1.54, 1.807) is 0 Å². The molecular formula is C11H16N2O. The fourth-order valence-corrected chi connectivity index (χ4v) is 1.28. The minimum atomic E-state index is -0.145. The molecule has 0 atom stereocenters. The van der Waals surface area contributed by atoms with E-state index in [1.807, 2.05) is 31.2 Å². The Morgan fingerprint density at radius 2 is 2.00 bits per heavy atom. The number of anilines is 1. The highest BCUT2D eigenvalue weighted by atomic mass is 16.2. The first-order valence-electron chi connectivity index (χ1n) is 4.90. The van der Waals surface area contributed by atoms with Crippen LogP contribution in [0.15, 0.2) is 24.3 Å². The van der Waals surface area contributed by atoms with Crippen molar-refractivity contribution in [3.8, 4) is 0 Å². The summed E-state index contributed by atoms with van der Waals surface area (Å²) in [6.07, 6.45) is 0.919. The number of para-hydroxylation sites is 1. The first-order chi connectivity index (χ1) is 6.77. The van der Waals surface area contributed by atoms with Crippen LogP contribution in [0, 0.1) is 0 Å². The molecule has 0 fully saturated rings. The molecule has 0 radical (unpaired) electrons. The van der Waals surface area contributed by atoms with Crippen molar-refractivity contribution in [1.29, 1.82) is 0 Å². The van der Waals surface area contributed by atoms with Crippen molar-refractivity contribution in [2.24, 2.45) is 0 Å². The Hall–Kier alpha value is -1.51. The number of amides is 2. The standard InChI is InChI=1S/C11H16N2O/c1-3-9-7-5-6-8-10(9)13-11(14)12-4-2/h5-8H,3-4H2,1-2H3,(H2,12,13,14). The molecule has 1 rings (SSSR count). The van der Waals surface area contributed by atoms with E-state index in [1.165, 1.54) is 0 Å². The van der Waals surface area contributed by atoms with Crippen LogP contribution >= 0.6 is 0 Å². The molecule has 0 saturated heterocycles. The number of carbonyl (C=O) groups is 1. The van der Waals surface area contributed by atoms with Gasteiger partial charge >= 0.3 is 6.03 Å². The lowest BCUT2D eigenvalue weighted by Crippen LogP contribution is -2.28. The average Bonchev–Trinajstić information content (AvgIpc) is 2.19. The molecule has 0 spiro atoms. The second-order valence-electron chi connectivity index (χ2n) is 3.00. The van der Waals surface area contributed by atoms with Gasteiger partial charge in [0.05, 0.1) is 0 Å². The van der Waals surface area contributed by atoms with Crippen LogP contribution < -0.4 is 10.6 Å². The predicted octanol–water partition coefficient (Wildman–Crippen LogP) is 2.39. The van der Waals surface area contributed by atoms with Gasteiger partial charge in [0.15, 0.2) is 0 Å². The highest BCUT2D eigenvalue weighted by Crippen LogP contribution is 2.14. The summed E-state index contributed by atoms with van der Waals surface area (Å²) in [6.45, 7) is 4.60. The van der Waals surface area contributed by atoms with Gasteiger partial charge in [-0.2, -0.15) is 0 Å². The lowest BCUT2D eigenvalue weighted by molar-refractivity contribution is 0.252. The summed E-state index contributed by atoms with van der Waals surface area (Å²) in [5, 5.41) is 5.51. The number of aryl methyl sites for hydroxylation is 1. The maximum absolute atomic E-state index is 11.3. The predicted molar refractivity (Wildman–Crippen MR) is 58.5 cm³/mol. The van der Waals surface area contributed by atoms with E-state index in [-0.39, 0.29) is 6.03 Å². The molecular weight excluding hydrogens is 176 g/mol. The molecule has 76 valence electrons. The van der Waals surface area contributed by atoms with E-state index < -0.39 is 0 Å². The van der Waals surface area contributed by atoms with Gasteiger partial charge in [-0.15, -0.1) is 0 Å². The van der Waals surface area contributed by atoms with E-state index in [0.29, 0.717) is 6.54 Å². The summed E-state index contributed by atoms with van der Waals surface area (Å²) in [7, 11) is 0. The van der Waals surface area contributed by atoms with Crippen LogP contribution in [-0.4, -0.2) is 12.6 Å². The Balaban J connectivity index is 2.70. The van der Waals surface area contributed by atoms with Gasteiger partial charge in [-0.25, -0.2) is 4.79 Å². The Morgan fingerprint density at radius 1 is 1.29 bits per heavy atom. The maximum atomic E-state index is 11.3. The first kappa shape index (κ1) is 10.6. The molecule has 0 heterocycles. The van der Waals surface area contributed by atoms with Gasteiger partial charge in [0.25, 0.3) is 0 Å². The molecule has 0 unspecified atom stereocenters. The second kappa shape index (κ2) is 5.27. The minimum Gasteiger partial charge on any atom is -0.338 e. The maximum Gasteiger partial charge on any atom is 0.319 e. The quantitative estimate of drug-likeness (QED) is 0.758. The van der Waals surface area contributed by atoms with Crippen LogP contribution in [0.2, 0.25) is 0 Å². The normalized spacial score (nSPS) is 9.57. The number of urea groups is 1. The van der Waals surface area contributed by atoms with Crippen LogP contribution in [0.25, 0.3) is 0 Å². The van der Waals surface area contributed by atoms with Crippen molar-refractivity contribution in [2.75, 3.05) is 11.9 Å². The van der Waals surface area contributed by atoms with E-state index in [4.69, 9.17) is 0 Å². The highest BCUT2D eigenvalue weighted by molar-refractivity contribution is 5.89. The lowest BCUT2D eigenvalue weighted by atomic mass is 10.1. The van der Waals surface area contributed by atoms with Crippen molar-refractivity contribution in [1.82, 2.24) is 5.32 Å². The third-order valence-electron chi connectivity index (χ3n) is 1.98. The first-order valence-corrected chi connectivity index (χ1v) is 4.90. The fourth-order valence-electron chi connectivity index (χ4n) is 1.28. The van der Waals surface area contributed by atoms with E-state index in [9.17, 15) is 4.79 Å². The van der Waals surface area contributed by atoms with Gasteiger partial charge in [-0.3, -0.25) is 0 Å². The highest BCUT2D eigenvalue weighted by Gasteiger charge is 2.02. The molecule has 0 saturated carbocycles. The van der Waals surface area contributed by atoms with E-state index in [2.05, 4.69) is 17.6 Å². The van der Waals surface area contributed by atoms with Crippen LogP contribution in [0.1, 0.15) is 19.4 Å². The van der Waals surface area contributed by atoms with E-state index >= 15 is 0 Å². The smallest absolute Gasteiger partial charge is 0.319 e. The number of rotatable bonds is 3. The number of hydrogen-bond donors (Lipinski definition) is 2. The third-order valence-corrected chi connectivity index (χ3v) is 1.98. The summed E-state index contributed by atoms with van der Waals surface area (Å²) in [5.41, 5.74) is 2.04. The molecule has 2 N–H and O–H groups in total. The summed E-state index contributed by atoms with van der Waals surface area (Å²) < 4.78 is 0. The number of nitrogens with one attached hydrogen (secondary N) is 2. The van der Waals surface area contributed by atoms with Gasteiger partial charge in [-0.05, 0) is 25.0 Å². The molecule has 1 aromatic carbocycles. The zero-order chi connectivity index (χ0) is 10.4. The minimum absolute atomic E-state index is 0.145. The van der Waals surface area contributed by atoms with Crippen molar-refractivity contribution in [3.63, 3.8) is 0 Å². The topological polar surface area (TPSA) is 41.1 Å². The molecule has 0 aliphatic rings.